The third-order valence-electron chi connectivity index (χ3n) is 7.53. The van der Waals surface area contributed by atoms with Crippen molar-refractivity contribution in [2.24, 2.45) is 17.3 Å². The third-order valence-corrected chi connectivity index (χ3v) is 7.53. The Morgan fingerprint density at radius 3 is 2.73 bits per heavy atom. The minimum absolute atomic E-state index is 0.0493. The molecule has 0 amide bonds. The fourth-order valence-electron chi connectivity index (χ4n) is 5.76. The van der Waals surface area contributed by atoms with Crippen LogP contribution in [0.1, 0.15) is 26.7 Å². The molecular formula is C24H29N3O3. The Kier molecular flexibility index (Phi) is 4.77. The maximum atomic E-state index is 12.9. The van der Waals surface area contributed by atoms with Crippen molar-refractivity contribution in [1.29, 1.82) is 0 Å². The van der Waals surface area contributed by atoms with E-state index in [2.05, 4.69) is 21.7 Å². The van der Waals surface area contributed by atoms with E-state index in [-0.39, 0.29) is 35.1 Å². The number of esters is 1. The predicted molar refractivity (Wildman–Crippen MR) is 114 cm³/mol. The van der Waals surface area contributed by atoms with Gasteiger partial charge in [-0.05, 0) is 43.5 Å². The largest absolute Gasteiger partial charge is 0.457 e. The van der Waals surface area contributed by atoms with Crippen molar-refractivity contribution in [3.05, 3.63) is 47.7 Å². The summed E-state index contributed by atoms with van der Waals surface area (Å²) in [5.41, 5.74) is 1.65. The van der Waals surface area contributed by atoms with Gasteiger partial charge in [-0.3, -0.25) is 14.5 Å². The van der Waals surface area contributed by atoms with E-state index in [9.17, 15) is 9.59 Å². The second kappa shape index (κ2) is 7.34. The van der Waals surface area contributed by atoms with Crippen LogP contribution in [-0.2, 0) is 14.3 Å². The van der Waals surface area contributed by atoms with E-state index in [1.807, 2.05) is 37.4 Å². The number of rotatable bonds is 3. The van der Waals surface area contributed by atoms with Gasteiger partial charge in [-0.25, -0.2) is 4.98 Å². The minimum atomic E-state index is -0.245. The molecule has 6 nitrogen and oxygen atoms in total. The fraction of sp³-hybridized carbons (Fsp3) is 0.542. The van der Waals surface area contributed by atoms with Crippen LogP contribution in [0.5, 0.6) is 0 Å². The molecule has 3 fully saturated rings. The summed E-state index contributed by atoms with van der Waals surface area (Å²) in [6, 6.07) is 6.00. The molecule has 158 valence electrons. The summed E-state index contributed by atoms with van der Waals surface area (Å²) in [5, 5.41) is 0. The first kappa shape index (κ1) is 19.5. The molecule has 2 saturated heterocycles. The van der Waals surface area contributed by atoms with E-state index < -0.39 is 0 Å². The van der Waals surface area contributed by atoms with Gasteiger partial charge in [0.2, 0.25) is 0 Å². The SMILES string of the molecule is CC1=C2[C@@H]3OC(=O)[C@H](CN4CCN(c5ccccn5)CC4)[C@@H]3CC[C@@]2(C)C=CC1=O. The number of carbonyl (C=O) groups is 2. The lowest BCUT2D eigenvalue weighted by Crippen LogP contribution is -2.49. The number of piperazine rings is 1. The van der Waals surface area contributed by atoms with Crippen LogP contribution in [0.4, 0.5) is 5.82 Å². The van der Waals surface area contributed by atoms with E-state index >= 15 is 0 Å². The maximum Gasteiger partial charge on any atom is 0.311 e. The van der Waals surface area contributed by atoms with Gasteiger partial charge < -0.3 is 9.64 Å². The highest BCUT2D eigenvalue weighted by atomic mass is 16.6. The average Bonchev–Trinajstić information content (AvgIpc) is 3.07. The summed E-state index contributed by atoms with van der Waals surface area (Å²) >= 11 is 0. The van der Waals surface area contributed by atoms with Gasteiger partial charge in [-0.1, -0.05) is 19.1 Å². The van der Waals surface area contributed by atoms with E-state index in [0.29, 0.717) is 0 Å². The quantitative estimate of drug-likeness (QED) is 0.718. The summed E-state index contributed by atoms with van der Waals surface area (Å²) in [6.45, 7) is 8.45. The van der Waals surface area contributed by atoms with Gasteiger partial charge in [0.1, 0.15) is 11.9 Å². The number of pyridine rings is 1. The van der Waals surface area contributed by atoms with Gasteiger partial charge >= 0.3 is 5.97 Å². The molecule has 0 unspecified atom stereocenters. The first-order chi connectivity index (χ1) is 14.5. The van der Waals surface area contributed by atoms with Gasteiger partial charge in [-0.15, -0.1) is 0 Å². The summed E-state index contributed by atoms with van der Waals surface area (Å²) in [6.07, 6.45) is 7.21. The standard InChI is InChI=1S/C24H29N3O3/c1-16-19(28)7-9-24(2)8-6-17-18(23(29)30-22(17)21(16)24)15-26-11-13-27(14-12-26)20-5-3-4-10-25-20/h3-5,7,9-10,17-18,22H,6,8,11-15H2,1-2H3/t17-,18+,22+,24-/m0/s1. The Morgan fingerprint density at radius 1 is 1.20 bits per heavy atom. The molecule has 1 aromatic rings. The lowest BCUT2D eigenvalue weighted by molar-refractivity contribution is -0.144. The zero-order chi connectivity index (χ0) is 20.9. The molecule has 0 radical (unpaired) electrons. The van der Waals surface area contributed by atoms with Gasteiger partial charge in [0, 0.05) is 55.8 Å². The van der Waals surface area contributed by atoms with Crippen molar-refractivity contribution in [2.75, 3.05) is 37.6 Å². The highest BCUT2D eigenvalue weighted by Crippen LogP contribution is 2.53. The van der Waals surface area contributed by atoms with E-state index in [4.69, 9.17) is 4.74 Å². The number of aromatic nitrogens is 1. The number of carbonyl (C=O) groups excluding carboxylic acids is 2. The first-order valence-electron chi connectivity index (χ1n) is 11.0. The summed E-state index contributed by atoms with van der Waals surface area (Å²) < 4.78 is 5.93. The number of ketones is 1. The van der Waals surface area contributed by atoms with Gasteiger partial charge in [-0.2, -0.15) is 0 Å². The van der Waals surface area contributed by atoms with Crippen LogP contribution in [0.2, 0.25) is 0 Å². The Bertz CT molecular complexity index is 917. The zero-order valence-corrected chi connectivity index (χ0v) is 17.7. The Labute approximate surface area is 177 Å². The Hall–Kier alpha value is -2.47. The average molecular weight is 408 g/mol. The van der Waals surface area contributed by atoms with Crippen LogP contribution in [0.25, 0.3) is 0 Å². The van der Waals surface area contributed by atoms with Crippen molar-refractivity contribution < 1.29 is 14.3 Å². The van der Waals surface area contributed by atoms with Crippen molar-refractivity contribution in [2.45, 2.75) is 32.8 Å². The van der Waals surface area contributed by atoms with Gasteiger partial charge in [0.25, 0.3) is 0 Å². The maximum absolute atomic E-state index is 12.9. The van der Waals surface area contributed by atoms with Crippen LogP contribution in [-0.4, -0.2) is 60.5 Å². The van der Waals surface area contributed by atoms with Crippen LogP contribution in [0.3, 0.4) is 0 Å². The number of nitrogens with zero attached hydrogens (tertiary/aromatic N) is 3. The first-order valence-corrected chi connectivity index (χ1v) is 11.0. The molecule has 3 heterocycles. The molecule has 4 aliphatic rings. The molecular weight excluding hydrogens is 378 g/mol. The van der Waals surface area contributed by atoms with Crippen molar-refractivity contribution in [1.82, 2.24) is 9.88 Å². The number of hydrogen-bond donors (Lipinski definition) is 0. The summed E-state index contributed by atoms with van der Waals surface area (Å²) in [7, 11) is 0. The number of anilines is 1. The number of ether oxygens (including phenoxy) is 1. The van der Waals surface area contributed by atoms with Crippen molar-refractivity contribution in [3.8, 4) is 0 Å². The normalized spacial score (nSPS) is 34.1. The molecule has 4 atom stereocenters. The van der Waals surface area contributed by atoms with Crippen molar-refractivity contribution >= 4 is 17.6 Å². The fourth-order valence-corrected chi connectivity index (χ4v) is 5.76. The zero-order valence-electron chi connectivity index (χ0n) is 17.7. The van der Waals surface area contributed by atoms with Crippen molar-refractivity contribution in [3.63, 3.8) is 0 Å². The third kappa shape index (κ3) is 3.18. The smallest absolute Gasteiger partial charge is 0.311 e. The second-order valence-electron chi connectivity index (χ2n) is 9.30. The van der Waals surface area contributed by atoms with E-state index in [0.717, 1.165) is 62.5 Å². The Balaban J connectivity index is 1.28. The topological polar surface area (TPSA) is 62.7 Å². The summed E-state index contributed by atoms with van der Waals surface area (Å²) in [4.78, 5) is 34.3. The monoisotopic (exact) mass is 407 g/mol. The molecule has 6 heteroatoms. The molecule has 0 bridgehead atoms. The van der Waals surface area contributed by atoms with Gasteiger partial charge in [0.05, 0.1) is 5.92 Å². The second-order valence-corrected chi connectivity index (χ2v) is 9.30. The highest BCUT2D eigenvalue weighted by Gasteiger charge is 2.54. The minimum Gasteiger partial charge on any atom is -0.457 e. The lowest BCUT2D eigenvalue weighted by atomic mass is 9.61. The number of hydrogen-bond acceptors (Lipinski definition) is 6. The Morgan fingerprint density at radius 2 is 2.00 bits per heavy atom. The molecule has 30 heavy (non-hydrogen) atoms. The molecule has 0 aromatic carbocycles. The molecule has 1 saturated carbocycles. The van der Waals surface area contributed by atoms with Crippen LogP contribution >= 0.6 is 0 Å². The molecule has 2 aliphatic heterocycles. The summed E-state index contributed by atoms with van der Waals surface area (Å²) in [5.74, 6) is 1.03. The van der Waals surface area contributed by atoms with Crippen LogP contribution in [0.15, 0.2) is 47.7 Å². The molecule has 5 rings (SSSR count). The van der Waals surface area contributed by atoms with Crippen LogP contribution in [0, 0.1) is 17.3 Å². The highest BCUT2D eigenvalue weighted by molar-refractivity contribution is 6.05. The number of fused-ring (bicyclic) bond motifs is 3. The molecule has 1 aromatic heterocycles. The van der Waals surface area contributed by atoms with E-state index in [1.165, 1.54) is 0 Å². The predicted octanol–water partition coefficient (Wildman–Crippen LogP) is 2.62. The molecule has 0 N–H and O–H groups in total. The molecule has 0 spiro atoms. The van der Waals surface area contributed by atoms with Crippen LogP contribution < -0.4 is 4.90 Å². The molecule has 2 aliphatic carbocycles. The number of allylic oxidation sites excluding steroid dienone is 3. The van der Waals surface area contributed by atoms with E-state index in [1.54, 1.807) is 6.08 Å². The van der Waals surface area contributed by atoms with Gasteiger partial charge in [0.15, 0.2) is 5.78 Å². The lowest BCUT2D eigenvalue weighted by Gasteiger charge is -2.43.